The number of hydrogen-bond donors (Lipinski definition) is 0. The molecule has 2 heteroatoms. The van der Waals surface area contributed by atoms with Crippen LogP contribution < -0.4 is 4.90 Å². The monoisotopic (exact) mass is 717 g/mol. The van der Waals surface area contributed by atoms with Gasteiger partial charge in [0.2, 0.25) is 0 Å². The Bertz CT molecular complexity index is 2870. The quantitative estimate of drug-likeness (QED) is 0.156. The van der Waals surface area contributed by atoms with Gasteiger partial charge in [-0.05, 0) is 92.9 Å². The lowest BCUT2D eigenvalue weighted by Gasteiger charge is -2.49. The molecular formula is C54H39NO. The number of anilines is 2. The number of fused-ring (bicyclic) bond motifs is 3. The zero-order chi connectivity index (χ0) is 37.3. The van der Waals surface area contributed by atoms with Crippen molar-refractivity contribution < 1.29 is 4.42 Å². The maximum Gasteiger partial charge on any atom is 0.136 e. The minimum atomic E-state index is -0.639. The first-order valence-corrected chi connectivity index (χ1v) is 19.3. The molecule has 266 valence electrons. The summed E-state index contributed by atoms with van der Waals surface area (Å²) in [5.74, 6) is 0. The number of hydrogen-bond acceptors (Lipinski definition) is 2. The van der Waals surface area contributed by atoms with Crippen LogP contribution in [-0.2, 0) is 5.54 Å². The minimum Gasteiger partial charge on any atom is -0.456 e. The molecule has 1 unspecified atom stereocenters. The van der Waals surface area contributed by atoms with E-state index in [9.17, 15) is 0 Å². The van der Waals surface area contributed by atoms with Gasteiger partial charge in [0, 0.05) is 22.1 Å². The Morgan fingerprint density at radius 2 is 1.02 bits per heavy atom. The molecule has 0 aliphatic heterocycles. The van der Waals surface area contributed by atoms with Crippen molar-refractivity contribution in [2.45, 2.75) is 12.0 Å². The zero-order valence-electron chi connectivity index (χ0n) is 30.9. The summed E-state index contributed by atoms with van der Waals surface area (Å²) in [4.78, 5) is 2.60. The molecular weight excluding hydrogens is 679 g/mol. The van der Waals surface area contributed by atoms with E-state index >= 15 is 0 Å². The van der Waals surface area contributed by atoms with Crippen molar-refractivity contribution in [1.29, 1.82) is 0 Å². The number of furan rings is 1. The maximum absolute atomic E-state index is 6.30. The average Bonchev–Trinajstić information content (AvgIpc) is 3.67. The predicted molar refractivity (Wildman–Crippen MR) is 235 cm³/mol. The van der Waals surface area contributed by atoms with Crippen molar-refractivity contribution in [3.63, 3.8) is 0 Å². The molecule has 1 aliphatic carbocycles. The summed E-state index contributed by atoms with van der Waals surface area (Å²) in [5, 5.41) is 2.27. The molecule has 0 fully saturated rings. The van der Waals surface area contributed by atoms with Gasteiger partial charge in [0.15, 0.2) is 0 Å². The van der Waals surface area contributed by atoms with E-state index in [2.05, 4.69) is 217 Å². The number of nitrogens with zero attached hydrogens (tertiary/aromatic N) is 1. The highest BCUT2D eigenvalue weighted by atomic mass is 16.3. The molecule has 0 bridgehead atoms. The summed E-state index contributed by atoms with van der Waals surface area (Å²) in [6.45, 7) is 0. The van der Waals surface area contributed by atoms with Crippen LogP contribution in [0.25, 0.3) is 60.9 Å². The van der Waals surface area contributed by atoms with E-state index in [1.807, 2.05) is 12.1 Å². The van der Waals surface area contributed by atoms with Crippen molar-refractivity contribution in [1.82, 2.24) is 0 Å². The molecule has 8 aromatic carbocycles. The van der Waals surface area contributed by atoms with Crippen LogP contribution in [0.4, 0.5) is 11.4 Å². The molecule has 0 saturated heterocycles. The second-order valence-electron chi connectivity index (χ2n) is 14.4. The van der Waals surface area contributed by atoms with Gasteiger partial charge < -0.3 is 9.32 Å². The molecule has 1 aliphatic rings. The number of allylic oxidation sites excluding steroid dienone is 2. The summed E-state index contributed by atoms with van der Waals surface area (Å²) in [6, 6.07) is 74.3. The minimum absolute atomic E-state index is 0.639. The van der Waals surface area contributed by atoms with Gasteiger partial charge in [0.05, 0.1) is 0 Å². The molecule has 0 N–H and O–H groups in total. The van der Waals surface area contributed by atoms with Gasteiger partial charge in [-0.1, -0.05) is 188 Å². The summed E-state index contributed by atoms with van der Waals surface area (Å²) < 4.78 is 6.30. The Morgan fingerprint density at radius 3 is 1.80 bits per heavy atom. The standard InChI is InChI=1S/C54H39NO/c1-4-18-39(19-5-1)43-24-16-25-45(38-43)55(44-35-33-41(34-36-44)47-28-17-32-52-53(47)48-27-11-13-31-51(48)56-52)54(37-15-14-29-49(54)42-22-8-3-9-23-42)50-30-12-10-26-46(50)40-20-6-2-7-21-40/h1-36,38H,37H2. The molecule has 1 atom stereocenters. The van der Waals surface area contributed by atoms with E-state index in [4.69, 9.17) is 4.42 Å². The van der Waals surface area contributed by atoms with E-state index in [1.54, 1.807) is 0 Å². The van der Waals surface area contributed by atoms with Crippen molar-refractivity contribution in [2.75, 3.05) is 4.90 Å². The Hall–Kier alpha value is -7.16. The van der Waals surface area contributed by atoms with Gasteiger partial charge in [0.25, 0.3) is 0 Å². The van der Waals surface area contributed by atoms with Crippen molar-refractivity contribution in [3.8, 4) is 33.4 Å². The van der Waals surface area contributed by atoms with Crippen LogP contribution in [0.5, 0.6) is 0 Å². The topological polar surface area (TPSA) is 16.4 Å². The predicted octanol–water partition coefficient (Wildman–Crippen LogP) is 14.7. The van der Waals surface area contributed by atoms with Crippen molar-refractivity contribution >= 4 is 38.9 Å². The maximum atomic E-state index is 6.30. The lowest BCUT2D eigenvalue weighted by Crippen LogP contribution is -2.45. The summed E-state index contributed by atoms with van der Waals surface area (Å²) in [7, 11) is 0. The third-order valence-electron chi connectivity index (χ3n) is 11.2. The Balaban J connectivity index is 1.24. The molecule has 9 aromatic rings. The van der Waals surface area contributed by atoms with E-state index in [0.717, 1.165) is 50.9 Å². The van der Waals surface area contributed by atoms with Gasteiger partial charge in [-0.25, -0.2) is 0 Å². The van der Waals surface area contributed by atoms with Gasteiger partial charge in [-0.15, -0.1) is 0 Å². The van der Waals surface area contributed by atoms with Gasteiger partial charge in [-0.3, -0.25) is 0 Å². The fraction of sp³-hybridized carbons (Fsp3) is 0.0370. The second kappa shape index (κ2) is 14.2. The van der Waals surface area contributed by atoms with Crippen molar-refractivity contribution in [2.24, 2.45) is 0 Å². The van der Waals surface area contributed by atoms with Gasteiger partial charge >= 0.3 is 0 Å². The van der Waals surface area contributed by atoms with E-state index in [1.165, 1.54) is 39.0 Å². The first-order valence-electron chi connectivity index (χ1n) is 19.3. The highest BCUT2D eigenvalue weighted by molar-refractivity contribution is 6.12. The third-order valence-corrected chi connectivity index (χ3v) is 11.2. The first-order chi connectivity index (χ1) is 27.8. The number of para-hydroxylation sites is 1. The normalized spacial score (nSPS) is 15.2. The zero-order valence-corrected chi connectivity index (χ0v) is 30.9. The van der Waals surface area contributed by atoms with Crippen LogP contribution in [0, 0.1) is 0 Å². The van der Waals surface area contributed by atoms with Crippen LogP contribution >= 0.6 is 0 Å². The first kappa shape index (κ1) is 33.4. The highest BCUT2D eigenvalue weighted by Gasteiger charge is 2.45. The fourth-order valence-electron chi connectivity index (χ4n) is 8.75. The molecule has 56 heavy (non-hydrogen) atoms. The summed E-state index contributed by atoms with van der Waals surface area (Å²) in [5.41, 5.74) is 14.1. The summed E-state index contributed by atoms with van der Waals surface area (Å²) in [6.07, 6.45) is 7.65. The lowest BCUT2D eigenvalue weighted by atomic mass is 9.70. The van der Waals surface area contributed by atoms with Gasteiger partial charge in [-0.2, -0.15) is 0 Å². The van der Waals surface area contributed by atoms with Gasteiger partial charge in [0.1, 0.15) is 16.7 Å². The lowest BCUT2D eigenvalue weighted by molar-refractivity contribution is 0.568. The largest absolute Gasteiger partial charge is 0.456 e. The van der Waals surface area contributed by atoms with Crippen LogP contribution in [0.15, 0.2) is 229 Å². The summed E-state index contributed by atoms with van der Waals surface area (Å²) >= 11 is 0. The van der Waals surface area contributed by atoms with Crippen LogP contribution in [0.2, 0.25) is 0 Å². The SMILES string of the molecule is C1=CCC(c2ccccc2-c2ccccc2)(N(c2ccc(-c3cccc4oc5ccccc5c34)cc2)c2cccc(-c3ccccc3)c2)C(c2ccccc2)=C1. The Labute approximate surface area is 327 Å². The molecule has 0 saturated carbocycles. The van der Waals surface area contributed by atoms with Crippen LogP contribution in [-0.4, -0.2) is 0 Å². The van der Waals surface area contributed by atoms with Crippen molar-refractivity contribution in [3.05, 3.63) is 236 Å². The van der Waals surface area contributed by atoms with E-state index < -0.39 is 5.54 Å². The highest BCUT2D eigenvalue weighted by Crippen LogP contribution is 2.54. The smallest absolute Gasteiger partial charge is 0.136 e. The molecule has 1 heterocycles. The molecule has 0 radical (unpaired) electrons. The number of benzene rings is 8. The molecule has 0 amide bonds. The third kappa shape index (κ3) is 5.75. The fourth-order valence-corrected chi connectivity index (χ4v) is 8.75. The Kier molecular flexibility index (Phi) is 8.50. The van der Waals surface area contributed by atoms with Crippen LogP contribution in [0.3, 0.4) is 0 Å². The van der Waals surface area contributed by atoms with E-state index in [-0.39, 0.29) is 0 Å². The molecule has 0 spiro atoms. The van der Waals surface area contributed by atoms with Crippen LogP contribution in [0.1, 0.15) is 17.5 Å². The molecule has 2 nitrogen and oxygen atoms in total. The second-order valence-corrected chi connectivity index (χ2v) is 14.4. The number of rotatable bonds is 8. The molecule has 1 aromatic heterocycles. The molecule has 10 rings (SSSR count). The average molecular weight is 718 g/mol. The Morgan fingerprint density at radius 1 is 0.429 bits per heavy atom. The van der Waals surface area contributed by atoms with E-state index in [0.29, 0.717) is 0 Å².